The summed E-state index contributed by atoms with van der Waals surface area (Å²) in [4.78, 5) is 12.7. The number of nitrogens with one attached hydrogen (secondary N) is 1. The molecule has 0 saturated carbocycles. The fourth-order valence-corrected chi connectivity index (χ4v) is 11.1. The third-order valence-corrected chi connectivity index (χ3v) is 14.8. The van der Waals surface area contributed by atoms with E-state index in [0.717, 1.165) is 5.39 Å². The summed E-state index contributed by atoms with van der Waals surface area (Å²) in [5.41, 5.74) is 4.51. The van der Waals surface area contributed by atoms with Crippen molar-refractivity contribution in [2.45, 2.75) is 123 Å². The third-order valence-electron chi connectivity index (χ3n) is 8.52. The van der Waals surface area contributed by atoms with E-state index in [1.807, 2.05) is 54.5 Å². The standard InChI is InChI=1S/C32H47BFNO4Si/c1-20(2)40(21(3)4,22(5)6)17-16-25-27(34)15-14-23-18-24(35-29(36)37-30(7,8)9)19-26(28(23)25)33-38-31(10,11)32(12,13)39-33/h14-15,18-22H,1-13H3,(H,35,36). The van der Waals surface area contributed by atoms with Gasteiger partial charge in [0.25, 0.3) is 0 Å². The molecule has 8 heteroatoms. The lowest BCUT2D eigenvalue weighted by atomic mass is 9.74. The number of rotatable bonds is 5. The summed E-state index contributed by atoms with van der Waals surface area (Å²) in [5.74, 6) is 2.97. The smallest absolute Gasteiger partial charge is 0.444 e. The Kier molecular flexibility index (Phi) is 8.97. The van der Waals surface area contributed by atoms with Crippen LogP contribution in [0.5, 0.6) is 0 Å². The minimum Gasteiger partial charge on any atom is -0.444 e. The molecule has 1 N–H and O–H groups in total. The zero-order chi connectivity index (χ0) is 30.4. The first-order chi connectivity index (χ1) is 18.2. The summed E-state index contributed by atoms with van der Waals surface area (Å²) < 4.78 is 34.0. The van der Waals surface area contributed by atoms with Crippen molar-refractivity contribution in [3.05, 3.63) is 35.6 Å². The second-order valence-electron chi connectivity index (χ2n) is 13.9. The predicted octanol–water partition coefficient (Wildman–Crippen LogP) is 8.19. The summed E-state index contributed by atoms with van der Waals surface area (Å²) in [6.07, 6.45) is -0.574. The second kappa shape index (κ2) is 11.2. The minimum absolute atomic E-state index is 0.338. The number of hydrogen-bond donors (Lipinski definition) is 1. The van der Waals surface area contributed by atoms with E-state index < -0.39 is 38.1 Å². The van der Waals surface area contributed by atoms with Crippen molar-refractivity contribution < 1.29 is 23.2 Å². The number of halogens is 1. The van der Waals surface area contributed by atoms with Crippen LogP contribution < -0.4 is 10.8 Å². The van der Waals surface area contributed by atoms with Crippen LogP contribution in [0.25, 0.3) is 10.8 Å². The van der Waals surface area contributed by atoms with Gasteiger partial charge in [-0.2, -0.15) is 0 Å². The van der Waals surface area contributed by atoms with Gasteiger partial charge in [0.05, 0.1) is 16.8 Å². The highest BCUT2D eigenvalue weighted by molar-refractivity contribution is 6.90. The highest BCUT2D eigenvalue weighted by atomic mass is 28.3. The van der Waals surface area contributed by atoms with Gasteiger partial charge in [0.2, 0.25) is 0 Å². The lowest BCUT2D eigenvalue weighted by Gasteiger charge is -2.38. The first kappa shape index (κ1) is 32.2. The Bertz CT molecular complexity index is 1300. The van der Waals surface area contributed by atoms with Crippen molar-refractivity contribution >= 4 is 43.2 Å². The van der Waals surface area contributed by atoms with E-state index in [0.29, 0.717) is 38.7 Å². The first-order valence-corrected chi connectivity index (χ1v) is 16.6. The van der Waals surface area contributed by atoms with Crippen LogP contribution in [0.4, 0.5) is 14.9 Å². The van der Waals surface area contributed by atoms with Gasteiger partial charge >= 0.3 is 13.2 Å². The van der Waals surface area contributed by atoms with E-state index in [-0.39, 0.29) is 5.82 Å². The zero-order valence-corrected chi connectivity index (χ0v) is 27.6. The van der Waals surface area contributed by atoms with Crippen LogP contribution in [0.15, 0.2) is 24.3 Å². The molecule has 1 aliphatic rings. The zero-order valence-electron chi connectivity index (χ0n) is 26.6. The topological polar surface area (TPSA) is 56.8 Å². The molecule has 2 aromatic carbocycles. The summed E-state index contributed by atoms with van der Waals surface area (Å²) in [7, 11) is -2.92. The van der Waals surface area contributed by atoms with Gasteiger partial charge in [0.15, 0.2) is 0 Å². The molecular weight excluding hydrogens is 520 g/mol. The van der Waals surface area contributed by atoms with Gasteiger partial charge in [-0.1, -0.05) is 53.5 Å². The molecule has 1 saturated heterocycles. The fourth-order valence-electron chi connectivity index (χ4n) is 5.85. The summed E-state index contributed by atoms with van der Waals surface area (Å²) in [6, 6.07) is 6.76. The van der Waals surface area contributed by atoms with Crippen LogP contribution in [0, 0.1) is 17.3 Å². The number of carbonyl (C=O) groups excluding carboxylic acids is 1. The molecule has 1 fully saturated rings. The Labute approximate surface area is 242 Å². The largest absolute Gasteiger partial charge is 0.495 e. The fraction of sp³-hybridized carbons (Fsp3) is 0.594. The van der Waals surface area contributed by atoms with E-state index >= 15 is 4.39 Å². The van der Waals surface area contributed by atoms with Gasteiger partial charge in [-0.3, -0.25) is 5.32 Å². The average molecular weight is 568 g/mol. The number of benzene rings is 2. The van der Waals surface area contributed by atoms with Crippen LogP contribution in [0.2, 0.25) is 16.6 Å². The maximum absolute atomic E-state index is 15.7. The molecule has 0 aromatic heterocycles. The van der Waals surface area contributed by atoms with Crippen molar-refractivity contribution in [2.24, 2.45) is 0 Å². The molecular formula is C32H47BFNO4Si. The number of hydrogen-bond acceptors (Lipinski definition) is 4. The normalized spacial score (nSPS) is 17.0. The molecule has 0 atom stereocenters. The molecule has 218 valence electrons. The van der Waals surface area contributed by atoms with Gasteiger partial charge < -0.3 is 14.0 Å². The van der Waals surface area contributed by atoms with Crippen LogP contribution in [-0.4, -0.2) is 38.1 Å². The number of amides is 1. The molecule has 5 nitrogen and oxygen atoms in total. The van der Waals surface area contributed by atoms with Crippen LogP contribution in [-0.2, 0) is 14.0 Å². The molecule has 0 radical (unpaired) electrons. The molecule has 1 heterocycles. The van der Waals surface area contributed by atoms with Gasteiger partial charge in [0.1, 0.15) is 19.5 Å². The third kappa shape index (κ3) is 6.27. The van der Waals surface area contributed by atoms with Crippen molar-refractivity contribution in [1.29, 1.82) is 0 Å². The van der Waals surface area contributed by atoms with E-state index in [2.05, 4.69) is 58.3 Å². The Morgan fingerprint density at radius 3 is 1.98 bits per heavy atom. The maximum atomic E-state index is 15.7. The van der Waals surface area contributed by atoms with Gasteiger partial charge in [-0.25, -0.2) is 9.18 Å². The quantitative estimate of drug-likeness (QED) is 0.292. The highest BCUT2D eigenvalue weighted by Crippen LogP contribution is 2.41. The molecule has 0 aliphatic carbocycles. The van der Waals surface area contributed by atoms with Crippen LogP contribution >= 0.6 is 0 Å². The maximum Gasteiger partial charge on any atom is 0.495 e. The second-order valence-corrected chi connectivity index (χ2v) is 19.5. The van der Waals surface area contributed by atoms with Crippen molar-refractivity contribution in [3.8, 4) is 11.5 Å². The number of fused-ring (bicyclic) bond motifs is 1. The van der Waals surface area contributed by atoms with Crippen molar-refractivity contribution in [2.75, 3.05) is 5.32 Å². The van der Waals surface area contributed by atoms with Crippen molar-refractivity contribution in [1.82, 2.24) is 0 Å². The Morgan fingerprint density at radius 1 is 0.975 bits per heavy atom. The predicted molar refractivity (Wildman–Crippen MR) is 167 cm³/mol. The minimum atomic E-state index is -2.13. The van der Waals surface area contributed by atoms with E-state index in [4.69, 9.17) is 14.0 Å². The molecule has 2 aromatic rings. The van der Waals surface area contributed by atoms with E-state index in [9.17, 15) is 4.79 Å². The summed E-state index contributed by atoms with van der Waals surface area (Å²) >= 11 is 0. The number of carbonyl (C=O) groups is 1. The van der Waals surface area contributed by atoms with E-state index in [1.165, 1.54) is 6.07 Å². The number of ether oxygens (including phenoxy) is 1. The van der Waals surface area contributed by atoms with Gasteiger partial charge in [-0.15, -0.1) is 5.54 Å². The highest BCUT2D eigenvalue weighted by Gasteiger charge is 2.52. The molecule has 3 rings (SSSR count). The lowest BCUT2D eigenvalue weighted by molar-refractivity contribution is 0.00578. The Balaban J connectivity index is 2.30. The van der Waals surface area contributed by atoms with Gasteiger partial charge in [0, 0.05) is 11.1 Å². The van der Waals surface area contributed by atoms with Crippen LogP contribution in [0.1, 0.15) is 95.6 Å². The average Bonchev–Trinajstić information content (AvgIpc) is 2.99. The summed E-state index contributed by atoms with van der Waals surface area (Å²) in [6.45, 7) is 26.8. The Hall–Kier alpha value is -2.34. The number of anilines is 1. The van der Waals surface area contributed by atoms with Crippen LogP contribution in [0.3, 0.4) is 0 Å². The van der Waals surface area contributed by atoms with Gasteiger partial charge in [-0.05, 0) is 94.1 Å². The summed E-state index contributed by atoms with van der Waals surface area (Å²) in [5, 5.41) is 4.21. The molecule has 1 amide bonds. The lowest BCUT2D eigenvalue weighted by Crippen LogP contribution is -2.43. The van der Waals surface area contributed by atoms with Crippen molar-refractivity contribution in [3.63, 3.8) is 0 Å². The molecule has 0 spiro atoms. The molecule has 1 aliphatic heterocycles. The Morgan fingerprint density at radius 2 is 1.50 bits per heavy atom. The first-order valence-electron chi connectivity index (χ1n) is 14.4. The molecule has 0 unspecified atom stereocenters. The molecule has 0 bridgehead atoms. The SMILES string of the molecule is CC(C)[Si](C#Cc1c(F)ccc2cc(NC(=O)OC(C)(C)C)cc(B3OC(C)(C)C(C)(C)O3)c12)(C(C)C)C(C)C. The van der Waals surface area contributed by atoms with E-state index in [1.54, 1.807) is 12.1 Å². The monoisotopic (exact) mass is 567 g/mol. The molecule has 40 heavy (non-hydrogen) atoms.